The Morgan fingerprint density at radius 3 is 2.58 bits per heavy atom. The second-order valence-electron chi connectivity index (χ2n) is 3.87. The quantitative estimate of drug-likeness (QED) is 0.695. The molecular formula is C11H17N3O4S. The number of likely N-dealkylation sites (N-methyl/N-ethyl adjacent to an activating group) is 1. The number of carbonyl (C=O) groups is 1. The van der Waals surface area contributed by atoms with Crippen LogP contribution in [0.3, 0.4) is 0 Å². The van der Waals surface area contributed by atoms with Gasteiger partial charge in [-0.1, -0.05) is 0 Å². The molecule has 0 saturated carbocycles. The molecular weight excluding hydrogens is 270 g/mol. The Labute approximate surface area is 112 Å². The predicted octanol–water partition coefficient (Wildman–Crippen LogP) is 0.225. The monoisotopic (exact) mass is 287 g/mol. The smallest absolute Gasteiger partial charge is 0.238 e. The summed E-state index contributed by atoms with van der Waals surface area (Å²) < 4.78 is 29.8. The zero-order valence-corrected chi connectivity index (χ0v) is 11.8. The minimum atomic E-state index is -3.38. The molecule has 106 valence electrons. The van der Waals surface area contributed by atoms with Crippen molar-refractivity contribution >= 4 is 27.3 Å². The fraction of sp³-hybridized carbons (Fsp3) is 0.364. The molecule has 0 radical (unpaired) electrons. The maximum absolute atomic E-state index is 11.4. The van der Waals surface area contributed by atoms with Crippen molar-refractivity contribution in [2.24, 2.45) is 0 Å². The van der Waals surface area contributed by atoms with Crippen molar-refractivity contribution in [2.45, 2.75) is 0 Å². The van der Waals surface area contributed by atoms with Crippen LogP contribution in [0.15, 0.2) is 18.2 Å². The Morgan fingerprint density at radius 2 is 2.05 bits per heavy atom. The number of rotatable bonds is 6. The van der Waals surface area contributed by atoms with E-state index in [9.17, 15) is 13.2 Å². The zero-order valence-electron chi connectivity index (χ0n) is 11.0. The fourth-order valence-corrected chi connectivity index (χ4v) is 1.99. The van der Waals surface area contributed by atoms with Crippen LogP contribution in [-0.4, -0.2) is 41.3 Å². The molecule has 1 amide bonds. The number of carbonyl (C=O) groups excluding carboxylic acids is 1. The molecule has 1 rings (SSSR count). The van der Waals surface area contributed by atoms with E-state index in [1.54, 1.807) is 19.2 Å². The van der Waals surface area contributed by atoms with E-state index < -0.39 is 10.0 Å². The molecule has 0 aliphatic carbocycles. The van der Waals surface area contributed by atoms with Gasteiger partial charge in [0.05, 0.1) is 25.6 Å². The van der Waals surface area contributed by atoms with E-state index in [1.807, 2.05) is 0 Å². The average Bonchev–Trinajstić information content (AvgIpc) is 2.29. The highest BCUT2D eigenvalue weighted by Gasteiger charge is 2.10. The molecule has 0 aliphatic heterocycles. The summed E-state index contributed by atoms with van der Waals surface area (Å²) in [5.74, 6) is 0.126. The van der Waals surface area contributed by atoms with E-state index in [2.05, 4.69) is 15.4 Å². The lowest BCUT2D eigenvalue weighted by Crippen LogP contribution is -2.25. The first kappa shape index (κ1) is 15.3. The van der Waals surface area contributed by atoms with Crippen LogP contribution in [0, 0.1) is 0 Å². The van der Waals surface area contributed by atoms with Crippen molar-refractivity contribution in [1.29, 1.82) is 0 Å². The van der Waals surface area contributed by atoms with Gasteiger partial charge in [0, 0.05) is 11.8 Å². The van der Waals surface area contributed by atoms with E-state index in [0.717, 1.165) is 6.26 Å². The molecule has 0 aliphatic rings. The van der Waals surface area contributed by atoms with Gasteiger partial charge in [-0.3, -0.25) is 9.52 Å². The number of anilines is 2. The number of methoxy groups -OCH3 is 1. The van der Waals surface area contributed by atoms with Gasteiger partial charge in [0.25, 0.3) is 0 Å². The van der Waals surface area contributed by atoms with Crippen LogP contribution >= 0.6 is 0 Å². The summed E-state index contributed by atoms with van der Waals surface area (Å²) >= 11 is 0. The number of hydrogen-bond donors (Lipinski definition) is 3. The summed E-state index contributed by atoms with van der Waals surface area (Å²) in [4.78, 5) is 11.4. The van der Waals surface area contributed by atoms with Gasteiger partial charge in [-0.15, -0.1) is 0 Å². The largest absolute Gasteiger partial charge is 0.494 e. The van der Waals surface area contributed by atoms with Crippen LogP contribution in [0.25, 0.3) is 0 Å². The normalized spacial score (nSPS) is 10.9. The summed E-state index contributed by atoms with van der Waals surface area (Å²) in [5.41, 5.74) is 0.841. The molecule has 0 atom stereocenters. The molecule has 0 saturated heterocycles. The minimum absolute atomic E-state index is 0.186. The van der Waals surface area contributed by atoms with Gasteiger partial charge in [0.15, 0.2) is 0 Å². The zero-order chi connectivity index (χ0) is 14.5. The van der Waals surface area contributed by atoms with Crippen LogP contribution in [-0.2, 0) is 14.8 Å². The highest BCUT2D eigenvalue weighted by molar-refractivity contribution is 7.92. The van der Waals surface area contributed by atoms with E-state index in [0.29, 0.717) is 17.1 Å². The van der Waals surface area contributed by atoms with Crippen molar-refractivity contribution in [3.63, 3.8) is 0 Å². The van der Waals surface area contributed by atoms with Gasteiger partial charge >= 0.3 is 0 Å². The van der Waals surface area contributed by atoms with Crippen molar-refractivity contribution in [3.8, 4) is 5.75 Å². The Morgan fingerprint density at radius 1 is 1.37 bits per heavy atom. The number of nitrogens with one attached hydrogen (secondary N) is 3. The summed E-state index contributed by atoms with van der Waals surface area (Å²) in [6.07, 6.45) is 1.05. The van der Waals surface area contributed by atoms with Crippen molar-refractivity contribution in [3.05, 3.63) is 18.2 Å². The van der Waals surface area contributed by atoms with E-state index in [4.69, 9.17) is 4.74 Å². The summed E-state index contributed by atoms with van der Waals surface area (Å²) in [5, 5.41) is 5.37. The van der Waals surface area contributed by atoms with E-state index in [-0.39, 0.29) is 12.5 Å². The van der Waals surface area contributed by atoms with Crippen LogP contribution in [0.5, 0.6) is 5.75 Å². The number of benzene rings is 1. The molecule has 0 bridgehead atoms. The maximum Gasteiger partial charge on any atom is 0.238 e. The third kappa shape index (κ3) is 5.14. The van der Waals surface area contributed by atoms with Crippen LogP contribution in [0.2, 0.25) is 0 Å². The van der Waals surface area contributed by atoms with Gasteiger partial charge in [0.2, 0.25) is 15.9 Å². The first-order valence-corrected chi connectivity index (χ1v) is 7.35. The average molecular weight is 287 g/mol. The first-order valence-electron chi connectivity index (χ1n) is 5.46. The molecule has 19 heavy (non-hydrogen) atoms. The van der Waals surface area contributed by atoms with Gasteiger partial charge in [0.1, 0.15) is 5.75 Å². The lowest BCUT2D eigenvalue weighted by Gasteiger charge is -2.12. The van der Waals surface area contributed by atoms with Crippen molar-refractivity contribution in [1.82, 2.24) is 5.32 Å². The first-order chi connectivity index (χ1) is 8.85. The molecule has 1 aromatic carbocycles. The van der Waals surface area contributed by atoms with Gasteiger partial charge in [-0.25, -0.2) is 8.42 Å². The van der Waals surface area contributed by atoms with Crippen LogP contribution < -0.4 is 20.1 Å². The molecule has 0 spiro atoms. The summed E-state index contributed by atoms with van der Waals surface area (Å²) in [6.45, 7) is 0.186. The molecule has 3 N–H and O–H groups in total. The Balaban J connectivity index is 2.92. The molecule has 1 aromatic rings. The Kier molecular flexibility index (Phi) is 5.13. The third-order valence-electron chi connectivity index (χ3n) is 2.12. The third-order valence-corrected chi connectivity index (χ3v) is 2.71. The summed E-state index contributed by atoms with van der Waals surface area (Å²) in [6, 6.07) is 4.65. The SMILES string of the molecule is CNCC(=O)Nc1ccc(NS(C)(=O)=O)c(OC)c1. The standard InChI is InChI=1S/C11H17N3O4S/c1-12-7-11(15)13-8-4-5-9(10(6-8)18-2)14-19(3,16)17/h4-6,12,14H,7H2,1-3H3,(H,13,15). The molecule has 0 heterocycles. The molecule has 0 unspecified atom stereocenters. The number of ether oxygens (including phenoxy) is 1. The number of sulfonamides is 1. The van der Waals surface area contributed by atoms with Gasteiger partial charge in [-0.2, -0.15) is 0 Å². The molecule has 7 nitrogen and oxygen atoms in total. The lowest BCUT2D eigenvalue weighted by atomic mass is 10.2. The highest BCUT2D eigenvalue weighted by Crippen LogP contribution is 2.28. The second kappa shape index (κ2) is 6.39. The fourth-order valence-electron chi connectivity index (χ4n) is 1.42. The van der Waals surface area contributed by atoms with Crippen LogP contribution in [0.1, 0.15) is 0 Å². The van der Waals surface area contributed by atoms with Crippen LogP contribution in [0.4, 0.5) is 11.4 Å². The Hall–Kier alpha value is -1.80. The predicted molar refractivity (Wildman–Crippen MR) is 74.0 cm³/mol. The summed E-state index contributed by atoms with van der Waals surface area (Å²) in [7, 11) is -0.297. The topological polar surface area (TPSA) is 96.5 Å². The second-order valence-corrected chi connectivity index (χ2v) is 5.62. The Bertz CT molecular complexity index is 557. The van der Waals surface area contributed by atoms with Crippen molar-refractivity contribution in [2.75, 3.05) is 37.0 Å². The molecule has 8 heteroatoms. The highest BCUT2D eigenvalue weighted by atomic mass is 32.2. The number of amides is 1. The van der Waals surface area contributed by atoms with E-state index in [1.165, 1.54) is 13.2 Å². The van der Waals surface area contributed by atoms with Gasteiger partial charge in [-0.05, 0) is 19.2 Å². The van der Waals surface area contributed by atoms with Crippen molar-refractivity contribution < 1.29 is 17.9 Å². The minimum Gasteiger partial charge on any atom is -0.494 e. The maximum atomic E-state index is 11.4. The lowest BCUT2D eigenvalue weighted by molar-refractivity contribution is -0.115. The number of hydrogen-bond acceptors (Lipinski definition) is 5. The molecule has 0 aromatic heterocycles. The van der Waals surface area contributed by atoms with Gasteiger partial charge < -0.3 is 15.4 Å². The van der Waals surface area contributed by atoms with E-state index >= 15 is 0 Å². The molecule has 0 fully saturated rings.